The maximum absolute atomic E-state index is 13.1. The predicted molar refractivity (Wildman–Crippen MR) is 115 cm³/mol. The number of fused-ring (bicyclic) bond motifs is 3. The van der Waals surface area contributed by atoms with Crippen LogP contribution >= 0.6 is 0 Å². The van der Waals surface area contributed by atoms with Gasteiger partial charge in [-0.2, -0.15) is 4.31 Å². The zero-order chi connectivity index (χ0) is 20.7. The van der Waals surface area contributed by atoms with Crippen molar-refractivity contribution in [2.75, 3.05) is 38.7 Å². The van der Waals surface area contributed by atoms with Crippen LogP contribution in [-0.4, -0.2) is 46.1 Å². The van der Waals surface area contributed by atoms with E-state index >= 15 is 0 Å². The first-order valence-corrected chi connectivity index (χ1v) is 11.8. The van der Waals surface area contributed by atoms with Gasteiger partial charge >= 0.3 is 0 Å². The van der Waals surface area contributed by atoms with Gasteiger partial charge in [-0.25, -0.2) is 8.42 Å². The van der Waals surface area contributed by atoms with Gasteiger partial charge in [-0.15, -0.1) is 0 Å². The molecule has 158 valence electrons. The molecule has 7 heteroatoms. The fraction of sp³-hybridized carbons (Fsp3) is 0.391. The van der Waals surface area contributed by atoms with Gasteiger partial charge in [0.05, 0.1) is 31.3 Å². The number of nitrogens with zero attached hydrogens (tertiary/aromatic N) is 1. The normalized spacial score (nSPS) is 26.0. The van der Waals surface area contributed by atoms with Crippen LogP contribution in [0.25, 0.3) is 0 Å². The van der Waals surface area contributed by atoms with Gasteiger partial charge in [-0.05, 0) is 53.8 Å². The molecule has 2 heterocycles. The lowest BCUT2D eigenvalue weighted by molar-refractivity contribution is 0.0730. The van der Waals surface area contributed by atoms with Gasteiger partial charge in [0.25, 0.3) is 0 Å². The Morgan fingerprint density at radius 1 is 1.10 bits per heavy atom. The molecule has 0 amide bonds. The van der Waals surface area contributed by atoms with E-state index in [4.69, 9.17) is 9.47 Å². The smallest absolute Gasteiger partial charge is 0.243 e. The molecule has 1 saturated heterocycles. The van der Waals surface area contributed by atoms with Crippen molar-refractivity contribution < 1.29 is 17.9 Å². The number of morpholine rings is 1. The molecule has 3 aliphatic rings. The highest BCUT2D eigenvalue weighted by Crippen LogP contribution is 2.50. The molecule has 2 aromatic carbocycles. The number of methoxy groups -OCH3 is 1. The van der Waals surface area contributed by atoms with Crippen molar-refractivity contribution in [3.63, 3.8) is 0 Å². The first kappa shape index (κ1) is 19.6. The van der Waals surface area contributed by atoms with Gasteiger partial charge in [0.2, 0.25) is 10.0 Å². The molecular weight excluding hydrogens is 400 g/mol. The average Bonchev–Trinajstić information content (AvgIpc) is 3.29. The number of ether oxygens (including phenoxy) is 2. The Morgan fingerprint density at radius 3 is 2.60 bits per heavy atom. The molecule has 0 aromatic heterocycles. The van der Waals surface area contributed by atoms with Crippen molar-refractivity contribution in [1.29, 1.82) is 0 Å². The maximum atomic E-state index is 13.1. The van der Waals surface area contributed by atoms with Crippen LogP contribution in [0.3, 0.4) is 0 Å². The van der Waals surface area contributed by atoms with Crippen LogP contribution in [-0.2, 0) is 14.8 Å². The highest BCUT2D eigenvalue weighted by atomic mass is 32.2. The summed E-state index contributed by atoms with van der Waals surface area (Å²) < 4.78 is 38.4. The summed E-state index contributed by atoms with van der Waals surface area (Å²) in [6.07, 6.45) is 5.41. The number of nitrogens with one attached hydrogen (secondary N) is 1. The van der Waals surface area contributed by atoms with E-state index in [9.17, 15) is 8.42 Å². The van der Waals surface area contributed by atoms with Crippen LogP contribution in [0.1, 0.15) is 29.5 Å². The molecule has 2 aromatic rings. The topological polar surface area (TPSA) is 67.9 Å². The molecule has 3 atom stereocenters. The zero-order valence-corrected chi connectivity index (χ0v) is 17.8. The molecule has 1 fully saturated rings. The van der Waals surface area contributed by atoms with Crippen molar-refractivity contribution in [2.45, 2.75) is 23.3 Å². The van der Waals surface area contributed by atoms with Crippen molar-refractivity contribution in [3.8, 4) is 5.75 Å². The quantitative estimate of drug-likeness (QED) is 0.758. The van der Waals surface area contributed by atoms with E-state index < -0.39 is 10.0 Å². The van der Waals surface area contributed by atoms with Crippen molar-refractivity contribution in [1.82, 2.24) is 4.31 Å². The summed E-state index contributed by atoms with van der Waals surface area (Å²) in [5.41, 5.74) is 3.28. The number of sulfonamides is 1. The van der Waals surface area contributed by atoms with E-state index in [-0.39, 0.29) is 12.0 Å². The monoisotopic (exact) mass is 426 g/mol. The number of allylic oxidation sites excluding steroid dienone is 2. The number of hydrogen-bond donors (Lipinski definition) is 1. The van der Waals surface area contributed by atoms with Gasteiger partial charge < -0.3 is 14.8 Å². The van der Waals surface area contributed by atoms with Gasteiger partial charge in [0, 0.05) is 24.7 Å². The molecule has 30 heavy (non-hydrogen) atoms. The zero-order valence-electron chi connectivity index (χ0n) is 17.0. The molecular formula is C23H26N2O4S. The SMILES string of the molecule is COc1ccc(C2Nc3ccc(S(=O)(=O)N4CCOCC4)cc3C3C=CCC32)cc1. The maximum Gasteiger partial charge on any atom is 0.243 e. The Morgan fingerprint density at radius 2 is 1.87 bits per heavy atom. The minimum Gasteiger partial charge on any atom is -0.497 e. The number of rotatable bonds is 4. The van der Waals surface area contributed by atoms with Gasteiger partial charge in [-0.1, -0.05) is 24.3 Å². The van der Waals surface area contributed by atoms with Crippen LogP contribution in [0.4, 0.5) is 5.69 Å². The van der Waals surface area contributed by atoms with Gasteiger partial charge in [0.15, 0.2) is 0 Å². The van der Waals surface area contributed by atoms with E-state index in [0.29, 0.717) is 37.1 Å². The third-order valence-corrected chi connectivity index (χ3v) is 8.31. The molecule has 3 unspecified atom stereocenters. The van der Waals surface area contributed by atoms with Crippen molar-refractivity contribution in [2.24, 2.45) is 5.92 Å². The first-order chi connectivity index (χ1) is 14.6. The van der Waals surface area contributed by atoms with Crippen LogP contribution in [0, 0.1) is 5.92 Å². The van der Waals surface area contributed by atoms with Crippen LogP contribution < -0.4 is 10.1 Å². The van der Waals surface area contributed by atoms with Crippen molar-refractivity contribution >= 4 is 15.7 Å². The molecule has 2 aliphatic heterocycles. The number of anilines is 1. The fourth-order valence-electron chi connectivity index (χ4n) is 4.81. The molecule has 0 bridgehead atoms. The van der Waals surface area contributed by atoms with E-state index in [2.05, 4.69) is 29.6 Å². The van der Waals surface area contributed by atoms with Crippen LogP contribution in [0.15, 0.2) is 59.5 Å². The number of benzene rings is 2. The Kier molecular flexibility index (Phi) is 5.05. The Labute approximate surface area is 177 Å². The Hall–Kier alpha value is -2.35. The summed E-state index contributed by atoms with van der Waals surface area (Å²) in [5, 5.41) is 3.67. The molecule has 6 nitrogen and oxygen atoms in total. The van der Waals surface area contributed by atoms with Crippen LogP contribution in [0.2, 0.25) is 0 Å². The van der Waals surface area contributed by atoms with E-state index in [0.717, 1.165) is 23.4 Å². The Bertz CT molecular complexity index is 1060. The lowest BCUT2D eigenvalue weighted by Crippen LogP contribution is -2.40. The summed E-state index contributed by atoms with van der Waals surface area (Å²) in [4.78, 5) is 0.367. The minimum atomic E-state index is -3.51. The van der Waals surface area contributed by atoms with Gasteiger partial charge in [-0.3, -0.25) is 0 Å². The molecule has 0 radical (unpaired) electrons. The molecule has 0 saturated carbocycles. The largest absolute Gasteiger partial charge is 0.497 e. The lowest BCUT2D eigenvalue weighted by atomic mass is 9.77. The minimum absolute atomic E-state index is 0.171. The molecule has 5 rings (SSSR count). The van der Waals surface area contributed by atoms with Crippen LogP contribution in [0.5, 0.6) is 5.75 Å². The second kappa shape index (κ2) is 7.72. The molecule has 1 aliphatic carbocycles. The summed E-state index contributed by atoms with van der Waals surface area (Å²) in [5.74, 6) is 1.40. The standard InChI is InChI=1S/C23H26N2O4S/c1-28-17-7-5-16(6-8-17)23-20-4-2-3-19(20)21-15-18(9-10-22(21)24-23)30(26,27)25-11-13-29-14-12-25/h2-3,5-10,15,19-20,23-24H,4,11-14H2,1H3. The predicted octanol–water partition coefficient (Wildman–Crippen LogP) is 3.54. The molecule has 1 N–H and O–H groups in total. The van der Waals surface area contributed by atoms with E-state index in [1.165, 1.54) is 9.87 Å². The fourth-order valence-corrected chi connectivity index (χ4v) is 6.25. The van der Waals surface area contributed by atoms with E-state index in [1.807, 2.05) is 24.3 Å². The average molecular weight is 427 g/mol. The summed E-state index contributed by atoms with van der Waals surface area (Å²) >= 11 is 0. The first-order valence-electron chi connectivity index (χ1n) is 10.4. The second-order valence-corrected chi connectivity index (χ2v) is 9.95. The lowest BCUT2D eigenvalue weighted by Gasteiger charge is -2.38. The second-order valence-electron chi connectivity index (χ2n) is 8.01. The van der Waals surface area contributed by atoms with Crippen molar-refractivity contribution in [3.05, 3.63) is 65.7 Å². The van der Waals surface area contributed by atoms with E-state index in [1.54, 1.807) is 13.2 Å². The number of hydrogen-bond acceptors (Lipinski definition) is 5. The Balaban J connectivity index is 1.49. The highest BCUT2D eigenvalue weighted by Gasteiger charge is 2.39. The summed E-state index contributed by atoms with van der Waals surface area (Å²) in [6.45, 7) is 1.71. The third-order valence-electron chi connectivity index (χ3n) is 6.42. The highest BCUT2D eigenvalue weighted by molar-refractivity contribution is 7.89. The summed E-state index contributed by atoms with van der Waals surface area (Å²) in [6, 6.07) is 13.9. The third kappa shape index (κ3) is 3.31. The molecule has 0 spiro atoms. The summed E-state index contributed by atoms with van der Waals surface area (Å²) in [7, 11) is -1.84. The van der Waals surface area contributed by atoms with Gasteiger partial charge in [0.1, 0.15) is 5.75 Å².